The number of rotatable bonds is 8. The molecule has 0 aromatic carbocycles. The lowest BCUT2D eigenvalue weighted by molar-refractivity contribution is -0.137. The van der Waals surface area contributed by atoms with Crippen LogP contribution in [0.25, 0.3) is 0 Å². The summed E-state index contributed by atoms with van der Waals surface area (Å²) in [5.74, 6) is 0.0326. The first kappa shape index (κ1) is 17.0. The fourth-order valence-corrected chi connectivity index (χ4v) is 2.30. The average molecular weight is 320 g/mol. The SMILES string of the molecule is CC(C)C(CCNc1cc(Cl)nnc1Cl)CCC(=O)O. The van der Waals surface area contributed by atoms with Crippen LogP contribution in [0.2, 0.25) is 10.3 Å². The van der Waals surface area contributed by atoms with Gasteiger partial charge in [0.1, 0.15) is 0 Å². The van der Waals surface area contributed by atoms with Gasteiger partial charge >= 0.3 is 5.97 Å². The van der Waals surface area contributed by atoms with Gasteiger partial charge in [-0.25, -0.2) is 0 Å². The van der Waals surface area contributed by atoms with Crippen LogP contribution in [-0.2, 0) is 4.79 Å². The fourth-order valence-electron chi connectivity index (χ4n) is 1.99. The van der Waals surface area contributed by atoms with Crippen LogP contribution in [0.4, 0.5) is 5.69 Å². The van der Waals surface area contributed by atoms with Gasteiger partial charge in [0.2, 0.25) is 0 Å². The lowest BCUT2D eigenvalue weighted by Gasteiger charge is -2.20. The van der Waals surface area contributed by atoms with Gasteiger partial charge in [-0.1, -0.05) is 37.0 Å². The molecular weight excluding hydrogens is 301 g/mol. The molecule has 0 aliphatic carbocycles. The number of aliphatic carboxylic acids is 1. The average Bonchev–Trinajstić information content (AvgIpc) is 2.36. The van der Waals surface area contributed by atoms with Crippen molar-refractivity contribution in [2.24, 2.45) is 11.8 Å². The standard InChI is InChI=1S/C13H19Cl2N3O2/c1-8(2)9(3-4-12(19)20)5-6-16-10-7-11(14)17-18-13(10)15/h7-9H,3-6H2,1-2H3,(H,16,17)(H,19,20). The quantitative estimate of drug-likeness (QED) is 0.763. The highest BCUT2D eigenvalue weighted by atomic mass is 35.5. The predicted octanol–water partition coefficient (Wildman–Crippen LogP) is 3.72. The van der Waals surface area contributed by atoms with Crippen molar-refractivity contribution in [1.82, 2.24) is 10.2 Å². The summed E-state index contributed by atoms with van der Waals surface area (Å²) in [7, 11) is 0. The van der Waals surface area contributed by atoms with E-state index in [1.807, 2.05) is 0 Å². The molecule has 1 rings (SSSR count). The van der Waals surface area contributed by atoms with E-state index in [9.17, 15) is 4.79 Å². The third-order valence-electron chi connectivity index (χ3n) is 3.22. The Morgan fingerprint density at radius 2 is 2.05 bits per heavy atom. The Morgan fingerprint density at radius 3 is 2.65 bits per heavy atom. The Labute approximate surface area is 128 Å². The summed E-state index contributed by atoms with van der Waals surface area (Å²) in [6, 6.07) is 1.62. The topological polar surface area (TPSA) is 75.1 Å². The van der Waals surface area contributed by atoms with Gasteiger partial charge in [0.25, 0.3) is 0 Å². The third-order valence-corrected chi connectivity index (χ3v) is 3.69. The smallest absolute Gasteiger partial charge is 0.303 e. The first-order chi connectivity index (χ1) is 9.40. The van der Waals surface area contributed by atoms with Gasteiger partial charge in [0.15, 0.2) is 10.3 Å². The number of nitrogens with zero attached hydrogens (tertiary/aromatic N) is 2. The molecular formula is C13H19Cl2N3O2. The molecule has 0 fully saturated rings. The van der Waals surface area contributed by atoms with Crippen LogP contribution in [-0.4, -0.2) is 27.8 Å². The summed E-state index contributed by atoms with van der Waals surface area (Å²) in [5, 5.41) is 19.8. The minimum absolute atomic E-state index is 0.201. The first-order valence-electron chi connectivity index (χ1n) is 6.54. The summed E-state index contributed by atoms with van der Waals surface area (Å²) in [6.07, 6.45) is 1.74. The maximum Gasteiger partial charge on any atom is 0.303 e. The number of hydrogen-bond donors (Lipinski definition) is 2. The second-order valence-electron chi connectivity index (χ2n) is 5.02. The second kappa shape index (κ2) is 8.27. The number of anilines is 1. The van der Waals surface area contributed by atoms with E-state index in [-0.39, 0.29) is 16.7 Å². The highest BCUT2D eigenvalue weighted by Gasteiger charge is 2.15. The Bertz CT molecular complexity index is 455. The van der Waals surface area contributed by atoms with Crippen molar-refractivity contribution in [2.45, 2.75) is 33.1 Å². The normalized spacial score (nSPS) is 12.4. The number of carbonyl (C=O) groups is 1. The van der Waals surface area contributed by atoms with Gasteiger partial charge in [-0.2, -0.15) is 0 Å². The van der Waals surface area contributed by atoms with E-state index in [0.29, 0.717) is 30.5 Å². The summed E-state index contributed by atoms with van der Waals surface area (Å²) >= 11 is 11.7. The number of hydrogen-bond acceptors (Lipinski definition) is 4. The molecule has 0 bridgehead atoms. The third kappa shape index (κ3) is 5.92. The molecule has 1 aromatic rings. The van der Waals surface area contributed by atoms with Crippen molar-refractivity contribution in [1.29, 1.82) is 0 Å². The van der Waals surface area contributed by atoms with Gasteiger partial charge < -0.3 is 10.4 Å². The molecule has 0 amide bonds. The Hall–Kier alpha value is -1.07. The first-order valence-corrected chi connectivity index (χ1v) is 7.30. The van der Waals surface area contributed by atoms with Crippen molar-refractivity contribution in [3.63, 3.8) is 0 Å². The van der Waals surface area contributed by atoms with E-state index in [1.54, 1.807) is 6.07 Å². The summed E-state index contributed by atoms with van der Waals surface area (Å²) in [6.45, 7) is 4.89. The zero-order valence-electron chi connectivity index (χ0n) is 11.6. The monoisotopic (exact) mass is 319 g/mol. The summed E-state index contributed by atoms with van der Waals surface area (Å²) in [5.41, 5.74) is 0.646. The van der Waals surface area contributed by atoms with Crippen LogP contribution in [0.3, 0.4) is 0 Å². The van der Waals surface area contributed by atoms with Crippen LogP contribution >= 0.6 is 23.2 Å². The number of aromatic nitrogens is 2. The van der Waals surface area contributed by atoms with E-state index in [4.69, 9.17) is 28.3 Å². The van der Waals surface area contributed by atoms with Crippen LogP contribution < -0.4 is 5.32 Å². The van der Waals surface area contributed by atoms with Gasteiger partial charge in [-0.15, -0.1) is 10.2 Å². The number of halogens is 2. The zero-order chi connectivity index (χ0) is 15.1. The van der Waals surface area contributed by atoms with Crippen molar-refractivity contribution in [3.05, 3.63) is 16.4 Å². The van der Waals surface area contributed by atoms with Gasteiger partial charge in [0.05, 0.1) is 5.69 Å². The lowest BCUT2D eigenvalue weighted by atomic mass is 9.88. The molecule has 0 aliphatic heterocycles. The van der Waals surface area contributed by atoms with Crippen molar-refractivity contribution >= 4 is 34.9 Å². The fraction of sp³-hybridized carbons (Fsp3) is 0.615. The zero-order valence-corrected chi connectivity index (χ0v) is 13.1. The Balaban J connectivity index is 2.47. The molecule has 2 N–H and O–H groups in total. The molecule has 0 saturated heterocycles. The van der Waals surface area contributed by atoms with Gasteiger partial charge in [-0.05, 0) is 24.7 Å². The summed E-state index contributed by atoms with van der Waals surface area (Å²) < 4.78 is 0. The van der Waals surface area contributed by atoms with Crippen LogP contribution in [0.1, 0.15) is 33.1 Å². The molecule has 0 aliphatic rings. The maximum absolute atomic E-state index is 10.6. The molecule has 0 radical (unpaired) electrons. The Morgan fingerprint density at radius 1 is 1.35 bits per heavy atom. The molecule has 1 atom stereocenters. The van der Waals surface area contributed by atoms with Crippen LogP contribution in [0, 0.1) is 11.8 Å². The minimum Gasteiger partial charge on any atom is -0.481 e. The highest BCUT2D eigenvalue weighted by Crippen LogP contribution is 2.24. The highest BCUT2D eigenvalue weighted by molar-refractivity contribution is 6.33. The van der Waals surface area contributed by atoms with Crippen LogP contribution in [0.15, 0.2) is 6.07 Å². The van der Waals surface area contributed by atoms with E-state index in [1.165, 1.54) is 0 Å². The van der Waals surface area contributed by atoms with Crippen molar-refractivity contribution in [3.8, 4) is 0 Å². The molecule has 112 valence electrons. The van der Waals surface area contributed by atoms with E-state index < -0.39 is 5.97 Å². The molecule has 1 heterocycles. The lowest BCUT2D eigenvalue weighted by Crippen LogP contribution is -2.16. The molecule has 1 unspecified atom stereocenters. The molecule has 7 heteroatoms. The molecule has 5 nitrogen and oxygen atoms in total. The van der Waals surface area contributed by atoms with Gasteiger partial charge in [-0.3, -0.25) is 4.79 Å². The van der Waals surface area contributed by atoms with E-state index in [2.05, 4.69) is 29.4 Å². The minimum atomic E-state index is -0.753. The van der Waals surface area contributed by atoms with E-state index in [0.717, 1.165) is 6.42 Å². The number of carboxylic acids is 1. The van der Waals surface area contributed by atoms with Crippen LogP contribution in [0.5, 0.6) is 0 Å². The summed E-state index contributed by atoms with van der Waals surface area (Å²) in [4.78, 5) is 10.6. The predicted molar refractivity (Wildman–Crippen MR) is 80.4 cm³/mol. The molecule has 0 spiro atoms. The maximum atomic E-state index is 10.6. The van der Waals surface area contributed by atoms with E-state index >= 15 is 0 Å². The Kier molecular flexibility index (Phi) is 7.02. The molecule has 20 heavy (non-hydrogen) atoms. The van der Waals surface area contributed by atoms with Crippen molar-refractivity contribution in [2.75, 3.05) is 11.9 Å². The van der Waals surface area contributed by atoms with Gasteiger partial charge in [0, 0.05) is 19.0 Å². The second-order valence-corrected chi connectivity index (χ2v) is 5.77. The number of carboxylic acid groups (broad SMARTS) is 1. The number of nitrogens with one attached hydrogen (secondary N) is 1. The van der Waals surface area contributed by atoms with Crippen molar-refractivity contribution < 1.29 is 9.90 Å². The largest absolute Gasteiger partial charge is 0.481 e. The molecule has 0 saturated carbocycles. The molecule has 1 aromatic heterocycles.